The Morgan fingerprint density at radius 2 is 2.12 bits per heavy atom. The van der Waals surface area contributed by atoms with E-state index in [0.29, 0.717) is 0 Å². The molecule has 1 fully saturated rings. The third-order valence-electron chi connectivity index (χ3n) is 3.60. The molecule has 1 unspecified atom stereocenters. The Labute approximate surface area is 109 Å². The second-order valence-electron chi connectivity index (χ2n) is 4.44. The number of ether oxygens (including phenoxy) is 1. The molecule has 1 aromatic heterocycles. The normalized spacial score (nSPS) is 21.9. The van der Waals surface area contributed by atoms with Gasteiger partial charge in [-0.3, -0.25) is 0 Å². The SMILES string of the molecule is COC1(C(N)c2sccc2Br)CCCCC1. The summed E-state index contributed by atoms with van der Waals surface area (Å²) < 4.78 is 6.90. The summed E-state index contributed by atoms with van der Waals surface area (Å²) in [6, 6.07) is 2.05. The molecule has 0 saturated heterocycles. The van der Waals surface area contributed by atoms with Crippen LogP contribution in [0.5, 0.6) is 0 Å². The number of nitrogens with two attached hydrogens (primary N) is 1. The van der Waals surface area contributed by atoms with Gasteiger partial charge in [-0.25, -0.2) is 0 Å². The maximum Gasteiger partial charge on any atom is 0.0878 e. The summed E-state index contributed by atoms with van der Waals surface area (Å²) in [5.41, 5.74) is 6.27. The highest BCUT2D eigenvalue weighted by Crippen LogP contribution is 2.43. The second-order valence-corrected chi connectivity index (χ2v) is 6.24. The van der Waals surface area contributed by atoms with E-state index in [1.807, 2.05) is 0 Å². The fourth-order valence-corrected chi connectivity index (χ4v) is 4.29. The topological polar surface area (TPSA) is 35.2 Å². The largest absolute Gasteiger partial charge is 0.376 e. The van der Waals surface area contributed by atoms with Crippen molar-refractivity contribution in [2.45, 2.75) is 43.7 Å². The van der Waals surface area contributed by atoms with Gasteiger partial charge in [0.1, 0.15) is 0 Å². The number of hydrogen-bond donors (Lipinski definition) is 1. The van der Waals surface area contributed by atoms with Gasteiger partial charge in [0.2, 0.25) is 0 Å². The summed E-state index contributed by atoms with van der Waals surface area (Å²) in [4.78, 5) is 1.21. The molecule has 16 heavy (non-hydrogen) atoms. The maximum atomic E-state index is 6.42. The van der Waals surface area contributed by atoms with Gasteiger partial charge in [-0.05, 0) is 40.2 Å². The van der Waals surface area contributed by atoms with Gasteiger partial charge in [-0.1, -0.05) is 19.3 Å². The van der Waals surface area contributed by atoms with Gasteiger partial charge in [0.05, 0.1) is 11.6 Å². The smallest absolute Gasteiger partial charge is 0.0878 e. The molecule has 2 N–H and O–H groups in total. The predicted molar refractivity (Wildman–Crippen MR) is 71.8 cm³/mol. The first-order valence-electron chi connectivity index (χ1n) is 5.73. The van der Waals surface area contributed by atoms with Gasteiger partial charge in [0.25, 0.3) is 0 Å². The van der Waals surface area contributed by atoms with E-state index in [1.54, 1.807) is 18.4 Å². The summed E-state index contributed by atoms with van der Waals surface area (Å²) in [5, 5.41) is 2.07. The van der Waals surface area contributed by atoms with E-state index in [0.717, 1.165) is 17.3 Å². The van der Waals surface area contributed by atoms with Crippen LogP contribution in [-0.4, -0.2) is 12.7 Å². The molecule has 1 heterocycles. The first kappa shape index (κ1) is 12.6. The summed E-state index contributed by atoms with van der Waals surface area (Å²) >= 11 is 5.28. The Balaban J connectivity index is 2.24. The summed E-state index contributed by atoms with van der Waals surface area (Å²) in [6.07, 6.45) is 5.92. The standard InChI is InChI=1S/C12H18BrNOS/c1-15-12(6-3-2-4-7-12)11(14)10-9(13)5-8-16-10/h5,8,11H,2-4,6-7,14H2,1H3. The fraction of sp³-hybridized carbons (Fsp3) is 0.667. The van der Waals surface area contributed by atoms with E-state index < -0.39 is 0 Å². The zero-order valence-corrected chi connectivity index (χ0v) is 11.9. The molecule has 1 aliphatic rings. The molecule has 1 atom stereocenters. The van der Waals surface area contributed by atoms with E-state index in [4.69, 9.17) is 10.5 Å². The van der Waals surface area contributed by atoms with E-state index in [9.17, 15) is 0 Å². The van der Waals surface area contributed by atoms with Crippen LogP contribution in [0.3, 0.4) is 0 Å². The molecule has 0 spiro atoms. The Morgan fingerprint density at radius 3 is 2.62 bits per heavy atom. The van der Waals surface area contributed by atoms with Crippen LogP contribution < -0.4 is 5.73 Å². The quantitative estimate of drug-likeness (QED) is 0.920. The van der Waals surface area contributed by atoms with Crippen LogP contribution in [0.25, 0.3) is 0 Å². The molecule has 0 aromatic carbocycles. The van der Waals surface area contributed by atoms with Gasteiger partial charge in [0.15, 0.2) is 0 Å². The van der Waals surface area contributed by atoms with Crippen molar-refractivity contribution in [1.82, 2.24) is 0 Å². The van der Waals surface area contributed by atoms with Crippen LogP contribution in [0.4, 0.5) is 0 Å². The second kappa shape index (κ2) is 5.17. The van der Waals surface area contributed by atoms with Crippen molar-refractivity contribution < 1.29 is 4.74 Å². The molecule has 90 valence electrons. The molecule has 1 saturated carbocycles. The lowest BCUT2D eigenvalue weighted by Gasteiger charge is -2.40. The molecule has 2 nitrogen and oxygen atoms in total. The fourth-order valence-electron chi connectivity index (χ4n) is 2.56. The maximum absolute atomic E-state index is 6.42. The summed E-state index contributed by atoms with van der Waals surface area (Å²) in [6.45, 7) is 0. The highest BCUT2D eigenvalue weighted by molar-refractivity contribution is 9.10. The minimum Gasteiger partial charge on any atom is -0.376 e. The van der Waals surface area contributed by atoms with Crippen LogP contribution in [0.15, 0.2) is 15.9 Å². The first-order chi connectivity index (χ1) is 7.69. The molecule has 2 rings (SSSR count). The third-order valence-corrected chi connectivity index (χ3v) is 5.55. The van der Waals surface area contributed by atoms with Crippen molar-refractivity contribution in [3.63, 3.8) is 0 Å². The molecule has 0 bridgehead atoms. The van der Waals surface area contributed by atoms with Crippen molar-refractivity contribution in [2.75, 3.05) is 7.11 Å². The monoisotopic (exact) mass is 303 g/mol. The van der Waals surface area contributed by atoms with Gasteiger partial charge in [0, 0.05) is 16.5 Å². The zero-order valence-electron chi connectivity index (χ0n) is 9.54. The van der Waals surface area contributed by atoms with Gasteiger partial charge < -0.3 is 10.5 Å². The van der Waals surface area contributed by atoms with Crippen molar-refractivity contribution in [3.05, 3.63) is 20.8 Å². The number of hydrogen-bond acceptors (Lipinski definition) is 3. The van der Waals surface area contributed by atoms with E-state index in [-0.39, 0.29) is 11.6 Å². The molecule has 0 aliphatic heterocycles. The molecular formula is C12H18BrNOS. The minimum atomic E-state index is -0.147. The molecule has 4 heteroatoms. The highest BCUT2D eigenvalue weighted by Gasteiger charge is 2.40. The van der Waals surface area contributed by atoms with Crippen LogP contribution in [0.1, 0.15) is 43.0 Å². The lowest BCUT2D eigenvalue weighted by molar-refractivity contribution is -0.0589. The summed E-state index contributed by atoms with van der Waals surface area (Å²) in [5.74, 6) is 0. The predicted octanol–water partition coefficient (Wildman–Crippen LogP) is 3.86. The lowest BCUT2D eigenvalue weighted by atomic mass is 9.79. The molecule has 1 aliphatic carbocycles. The Bertz CT molecular complexity index is 347. The van der Waals surface area contributed by atoms with Gasteiger partial charge in [-0.2, -0.15) is 0 Å². The van der Waals surface area contributed by atoms with Gasteiger partial charge in [-0.15, -0.1) is 11.3 Å². The van der Waals surface area contributed by atoms with E-state index >= 15 is 0 Å². The first-order valence-corrected chi connectivity index (χ1v) is 7.40. The lowest BCUT2D eigenvalue weighted by Crippen LogP contribution is -2.44. The summed E-state index contributed by atoms with van der Waals surface area (Å²) in [7, 11) is 1.80. The van der Waals surface area contributed by atoms with Crippen molar-refractivity contribution in [3.8, 4) is 0 Å². The number of methoxy groups -OCH3 is 1. The molecule has 1 aromatic rings. The molecule has 0 amide bonds. The number of thiophene rings is 1. The minimum absolute atomic E-state index is 0.00725. The average molecular weight is 304 g/mol. The van der Waals surface area contributed by atoms with Crippen LogP contribution in [0.2, 0.25) is 0 Å². The van der Waals surface area contributed by atoms with Crippen LogP contribution in [-0.2, 0) is 4.74 Å². The zero-order chi connectivity index (χ0) is 11.6. The van der Waals surface area contributed by atoms with Crippen molar-refractivity contribution >= 4 is 27.3 Å². The Kier molecular flexibility index (Phi) is 4.06. The Hall–Kier alpha value is 0.100. The van der Waals surface area contributed by atoms with Crippen LogP contribution in [0, 0.1) is 0 Å². The molecular weight excluding hydrogens is 286 g/mol. The molecule has 0 radical (unpaired) electrons. The van der Waals surface area contributed by atoms with E-state index in [1.165, 1.54) is 24.1 Å². The van der Waals surface area contributed by atoms with Crippen molar-refractivity contribution in [1.29, 1.82) is 0 Å². The van der Waals surface area contributed by atoms with Crippen molar-refractivity contribution in [2.24, 2.45) is 5.73 Å². The van der Waals surface area contributed by atoms with E-state index in [2.05, 4.69) is 27.4 Å². The number of rotatable bonds is 3. The number of halogens is 1. The van der Waals surface area contributed by atoms with Gasteiger partial charge >= 0.3 is 0 Å². The van der Waals surface area contributed by atoms with Crippen LogP contribution >= 0.6 is 27.3 Å². The average Bonchev–Trinajstić information content (AvgIpc) is 2.75. The highest BCUT2D eigenvalue weighted by atomic mass is 79.9. The third kappa shape index (κ3) is 2.21. The Morgan fingerprint density at radius 1 is 1.44 bits per heavy atom.